The second-order valence-corrected chi connectivity index (χ2v) is 7.28. The summed E-state index contributed by atoms with van der Waals surface area (Å²) < 4.78 is 5.19. The Morgan fingerprint density at radius 2 is 1.47 bits per heavy atom. The molecule has 2 amide bonds. The summed E-state index contributed by atoms with van der Waals surface area (Å²) in [6.07, 6.45) is 0. The smallest absolute Gasteiger partial charge is 0.269 e. The maximum Gasteiger partial charge on any atom is 0.269 e. The van der Waals surface area contributed by atoms with Crippen LogP contribution in [0.3, 0.4) is 0 Å². The van der Waals surface area contributed by atoms with Crippen molar-refractivity contribution in [2.75, 3.05) is 17.3 Å². The highest BCUT2D eigenvalue weighted by Crippen LogP contribution is 2.36. The Morgan fingerprint density at radius 1 is 0.812 bits per heavy atom. The number of pyridine rings is 1. The van der Waals surface area contributed by atoms with Gasteiger partial charge in [-0.25, -0.2) is 9.88 Å². The fraction of sp³-hybridized carbons (Fsp3) is 0.0385. The van der Waals surface area contributed by atoms with Crippen LogP contribution in [0.25, 0.3) is 11.3 Å². The first-order valence-electron chi connectivity index (χ1n) is 10.1. The molecule has 0 spiro atoms. The van der Waals surface area contributed by atoms with Gasteiger partial charge in [0.15, 0.2) is 0 Å². The number of para-hydroxylation sites is 1. The minimum absolute atomic E-state index is 0.259. The Bertz CT molecular complexity index is 1300. The van der Waals surface area contributed by atoms with Crippen molar-refractivity contribution in [3.05, 3.63) is 102 Å². The van der Waals surface area contributed by atoms with Crippen LogP contribution in [0.15, 0.2) is 91.0 Å². The lowest BCUT2D eigenvalue weighted by atomic mass is 10.1. The van der Waals surface area contributed by atoms with Crippen LogP contribution in [-0.4, -0.2) is 23.9 Å². The number of rotatable bonds is 5. The molecule has 6 nitrogen and oxygen atoms in total. The molecule has 0 atom stereocenters. The molecule has 0 saturated heterocycles. The third kappa shape index (κ3) is 3.37. The molecule has 5 rings (SSSR count). The molecular formula is C26H19N3O3. The number of carbonyl (C=O) groups excluding carboxylic acids is 2. The fourth-order valence-corrected chi connectivity index (χ4v) is 3.73. The van der Waals surface area contributed by atoms with Gasteiger partial charge in [-0.2, -0.15) is 0 Å². The van der Waals surface area contributed by atoms with Crippen molar-refractivity contribution in [2.45, 2.75) is 0 Å². The number of methoxy groups -OCH3 is 1. The molecule has 0 radical (unpaired) electrons. The Labute approximate surface area is 185 Å². The molecule has 0 aliphatic carbocycles. The predicted octanol–water partition coefficient (Wildman–Crippen LogP) is 5.30. The molecule has 1 aliphatic rings. The summed E-state index contributed by atoms with van der Waals surface area (Å²) in [5.41, 5.74) is 3.29. The Hall–Kier alpha value is -4.45. The zero-order chi connectivity index (χ0) is 22.1. The van der Waals surface area contributed by atoms with Crippen molar-refractivity contribution in [2.24, 2.45) is 0 Å². The van der Waals surface area contributed by atoms with Gasteiger partial charge in [0.1, 0.15) is 11.6 Å². The van der Waals surface area contributed by atoms with Crippen LogP contribution in [0.4, 0.5) is 17.2 Å². The molecule has 32 heavy (non-hydrogen) atoms. The summed E-state index contributed by atoms with van der Waals surface area (Å²) in [6.45, 7) is 0. The van der Waals surface area contributed by atoms with Crippen molar-refractivity contribution < 1.29 is 14.3 Å². The second-order valence-electron chi connectivity index (χ2n) is 7.28. The number of imide groups is 1. The number of carbonyl (C=O) groups is 2. The lowest BCUT2D eigenvalue weighted by Gasteiger charge is -2.14. The van der Waals surface area contributed by atoms with Gasteiger partial charge in [0.25, 0.3) is 11.8 Å². The zero-order valence-electron chi connectivity index (χ0n) is 17.3. The van der Waals surface area contributed by atoms with E-state index in [0.29, 0.717) is 28.5 Å². The predicted molar refractivity (Wildman–Crippen MR) is 124 cm³/mol. The number of benzene rings is 3. The molecule has 4 aromatic rings. The highest BCUT2D eigenvalue weighted by molar-refractivity contribution is 6.36. The molecule has 3 aromatic carbocycles. The zero-order valence-corrected chi connectivity index (χ0v) is 17.3. The number of nitrogens with zero attached hydrogens (tertiary/aromatic N) is 2. The van der Waals surface area contributed by atoms with E-state index in [1.165, 1.54) is 4.90 Å². The van der Waals surface area contributed by atoms with E-state index in [1.807, 2.05) is 60.7 Å². The summed E-state index contributed by atoms with van der Waals surface area (Å²) >= 11 is 0. The van der Waals surface area contributed by atoms with Gasteiger partial charge in [0.2, 0.25) is 0 Å². The highest BCUT2D eigenvalue weighted by Gasteiger charge is 2.40. The molecular weight excluding hydrogens is 402 g/mol. The number of hydrogen-bond donors (Lipinski definition) is 1. The molecule has 1 N–H and O–H groups in total. The van der Waals surface area contributed by atoms with E-state index >= 15 is 0 Å². The quantitative estimate of drug-likeness (QED) is 0.443. The number of amides is 2. The Kier molecular flexibility index (Phi) is 4.88. The summed E-state index contributed by atoms with van der Waals surface area (Å²) in [4.78, 5) is 32.7. The van der Waals surface area contributed by atoms with Crippen molar-refractivity contribution >= 4 is 29.0 Å². The SMILES string of the molecule is COc1ccc(N2C(=O)c3cc(-c4ccccc4)nc(Nc4ccccc4)c3C2=O)cc1. The largest absolute Gasteiger partial charge is 0.497 e. The van der Waals surface area contributed by atoms with Crippen LogP contribution in [0.2, 0.25) is 0 Å². The maximum absolute atomic E-state index is 13.4. The normalized spacial score (nSPS) is 12.6. The molecule has 0 fully saturated rings. The molecule has 1 aliphatic heterocycles. The number of aromatic nitrogens is 1. The molecule has 0 saturated carbocycles. The molecule has 156 valence electrons. The van der Waals surface area contributed by atoms with E-state index in [0.717, 1.165) is 11.3 Å². The van der Waals surface area contributed by atoms with E-state index in [9.17, 15) is 9.59 Å². The third-order valence-electron chi connectivity index (χ3n) is 5.31. The van der Waals surface area contributed by atoms with Crippen LogP contribution in [0.5, 0.6) is 5.75 Å². The van der Waals surface area contributed by atoms with Gasteiger partial charge in [0.05, 0.1) is 29.6 Å². The number of hydrogen-bond acceptors (Lipinski definition) is 5. The molecule has 2 heterocycles. The van der Waals surface area contributed by atoms with Crippen LogP contribution in [-0.2, 0) is 0 Å². The first-order chi connectivity index (χ1) is 15.7. The topological polar surface area (TPSA) is 71.5 Å². The fourth-order valence-electron chi connectivity index (χ4n) is 3.73. The monoisotopic (exact) mass is 421 g/mol. The summed E-state index contributed by atoms with van der Waals surface area (Å²) in [6, 6.07) is 27.5. The molecule has 1 aromatic heterocycles. The highest BCUT2D eigenvalue weighted by atomic mass is 16.5. The number of ether oxygens (including phenoxy) is 1. The van der Waals surface area contributed by atoms with Gasteiger partial charge in [0, 0.05) is 11.3 Å². The van der Waals surface area contributed by atoms with Gasteiger partial charge >= 0.3 is 0 Å². The summed E-state index contributed by atoms with van der Waals surface area (Å²) in [7, 11) is 1.56. The average Bonchev–Trinajstić information content (AvgIpc) is 3.10. The molecule has 0 unspecified atom stereocenters. The van der Waals surface area contributed by atoms with Crippen LogP contribution < -0.4 is 15.0 Å². The van der Waals surface area contributed by atoms with Gasteiger partial charge in [-0.1, -0.05) is 48.5 Å². The summed E-state index contributed by atoms with van der Waals surface area (Å²) in [5.74, 6) is 0.193. The lowest BCUT2D eigenvalue weighted by Crippen LogP contribution is -2.29. The first-order valence-corrected chi connectivity index (χ1v) is 10.1. The minimum Gasteiger partial charge on any atom is -0.497 e. The van der Waals surface area contributed by atoms with Crippen molar-refractivity contribution in [3.8, 4) is 17.0 Å². The summed E-state index contributed by atoms with van der Waals surface area (Å²) in [5, 5.41) is 3.22. The van der Waals surface area contributed by atoms with Crippen molar-refractivity contribution in [1.82, 2.24) is 4.98 Å². The van der Waals surface area contributed by atoms with E-state index < -0.39 is 5.91 Å². The molecule has 6 heteroatoms. The van der Waals surface area contributed by atoms with Gasteiger partial charge < -0.3 is 10.1 Å². The van der Waals surface area contributed by atoms with E-state index in [1.54, 1.807) is 37.4 Å². The standard InChI is InChI=1S/C26H19N3O3/c1-32-20-14-12-19(13-15-20)29-25(30)21-16-22(17-8-4-2-5-9-17)28-24(23(21)26(29)31)27-18-10-6-3-7-11-18/h2-16H,1H3,(H,27,28). The van der Waals surface area contributed by atoms with Gasteiger partial charge in [-0.15, -0.1) is 0 Å². The third-order valence-corrected chi connectivity index (χ3v) is 5.31. The van der Waals surface area contributed by atoms with E-state index in [-0.39, 0.29) is 11.5 Å². The van der Waals surface area contributed by atoms with Crippen LogP contribution in [0.1, 0.15) is 20.7 Å². The van der Waals surface area contributed by atoms with E-state index in [4.69, 9.17) is 9.72 Å². The van der Waals surface area contributed by atoms with Crippen molar-refractivity contribution in [3.63, 3.8) is 0 Å². The minimum atomic E-state index is -0.416. The number of fused-ring (bicyclic) bond motifs is 1. The van der Waals surface area contributed by atoms with Crippen LogP contribution in [0, 0.1) is 0 Å². The van der Waals surface area contributed by atoms with Crippen LogP contribution >= 0.6 is 0 Å². The van der Waals surface area contributed by atoms with Gasteiger partial charge in [-0.3, -0.25) is 9.59 Å². The van der Waals surface area contributed by atoms with Gasteiger partial charge in [-0.05, 0) is 42.5 Å². The maximum atomic E-state index is 13.4. The number of anilines is 3. The second kappa shape index (κ2) is 8.00. The average molecular weight is 421 g/mol. The Balaban J connectivity index is 1.64. The first kappa shape index (κ1) is 19.5. The van der Waals surface area contributed by atoms with Crippen molar-refractivity contribution in [1.29, 1.82) is 0 Å². The number of nitrogens with one attached hydrogen (secondary N) is 1. The molecule has 0 bridgehead atoms. The Morgan fingerprint density at radius 3 is 2.12 bits per heavy atom. The lowest BCUT2D eigenvalue weighted by molar-refractivity contribution is 0.0926. The van der Waals surface area contributed by atoms with E-state index in [2.05, 4.69) is 5.32 Å².